The van der Waals surface area contributed by atoms with Gasteiger partial charge in [-0.05, 0) is 29.9 Å². The van der Waals surface area contributed by atoms with E-state index in [-0.39, 0.29) is 6.61 Å². The minimum Gasteiger partial charge on any atom is -0.396 e. The van der Waals surface area contributed by atoms with Gasteiger partial charge in [0.05, 0.1) is 0 Å². The first-order valence-corrected chi connectivity index (χ1v) is 5.02. The van der Waals surface area contributed by atoms with E-state index in [9.17, 15) is 0 Å². The van der Waals surface area contributed by atoms with Gasteiger partial charge in [-0.25, -0.2) is 4.98 Å². The van der Waals surface area contributed by atoms with Crippen molar-refractivity contribution < 1.29 is 5.11 Å². The molecule has 0 aliphatic rings. The van der Waals surface area contributed by atoms with E-state index in [1.54, 1.807) is 18.0 Å². The Morgan fingerprint density at radius 2 is 2.38 bits per heavy atom. The summed E-state index contributed by atoms with van der Waals surface area (Å²) in [6.45, 7) is 4.12. The van der Waals surface area contributed by atoms with Crippen LogP contribution in [0.3, 0.4) is 0 Å². The number of nitrogens with zero attached hydrogens (tertiary/aromatic N) is 1. The average molecular weight is 195 g/mol. The minimum absolute atomic E-state index is 0.224. The standard InChI is InChI=1S/C10H13NOS/c1-9(5-4-8-12)13-10-6-2-3-7-11-10/h2-3,6-7,12H,1,4-5,8H2. The molecule has 1 rings (SSSR count). The molecule has 0 atom stereocenters. The first kappa shape index (κ1) is 10.3. The molecule has 0 saturated carbocycles. The van der Waals surface area contributed by atoms with E-state index < -0.39 is 0 Å². The van der Waals surface area contributed by atoms with Crippen LogP contribution < -0.4 is 0 Å². The summed E-state index contributed by atoms with van der Waals surface area (Å²) in [7, 11) is 0. The molecule has 0 spiro atoms. The molecule has 0 fully saturated rings. The number of thioether (sulfide) groups is 1. The van der Waals surface area contributed by atoms with E-state index in [1.807, 2.05) is 18.2 Å². The van der Waals surface area contributed by atoms with Crippen molar-refractivity contribution in [1.82, 2.24) is 4.98 Å². The van der Waals surface area contributed by atoms with Gasteiger partial charge in [-0.1, -0.05) is 24.4 Å². The van der Waals surface area contributed by atoms with Gasteiger partial charge in [0.25, 0.3) is 0 Å². The number of aliphatic hydroxyl groups is 1. The van der Waals surface area contributed by atoms with Gasteiger partial charge in [0, 0.05) is 12.8 Å². The van der Waals surface area contributed by atoms with Crippen molar-refractivity contribution in [3.8, 4) is 0 Å². The number of allylic oxidation sites excluding steroid dienone is 1. The summed E-state index contributed by atoms with van der Waals surface area (Å²) in [5.74, 6) is 0. The lowest BCUT2D eigenvalue weighted by atomic mass is 10.3. The monoisotopic (exact) mass is 195 g/mol. The molecule has 1 N–H and O–H groups in total. The average Bonchev–Trinajstić information content (AvgIpc) is 2.16. The van der Waals surface area contributed by atoms with E-state index in [1.165, 1.54) is 0 Å². The highest BCUT2D eigenvalue weighted by molar-refractivity contribution is 8.03. The Hall–Kier alpha value is -0.800. The molecular weight excluding hydrogens is 182 g/mol. The smallest absolute Gasteiger partial charge is 0.100 e. The van der Waals surface area contributed by atoms with Gasteiger partial charge in [0.15, 0.2) is 0 Å². The van der Waals surface area contributed by atoms with Crippen LogP contribution in [0.5, 0.6) is 0 Å². The highest BCUT2D eigenvalue weighted by atomic mass is 32.2. The Balaban J connectivity index is 2.37. The maximum Gasteiger partial charge on any atom is 0.100 e. The second kappa shape index (κ2) is 5.78. The van der Waals surface area contributed by atoms with E-state index in [0.29, 0.717) is 0 Å². The quantitative estimate of drug-likeness (QED) is 0.733. The van der Waals surface area contributed by atoms with Crippen molar-refractivity contribution >= 4 is 11.8 Å². The third-order valence-electron chi connectivity index (χ3n) is 1.50. The third kappa shape index (κ3) is 4.10. The first-order chi connectivity index (χ1) is 6.33. The molecule has 13 heavy (non-hydrogen) atoms. The molecule has 0 amide bonds. The van der Waals surface area contributed by atoms with Gasteiger partial charge < -0.3 is 5.11 Å². The zero-order chi connectivity index (χ0) is 9.52. The summed E-state index contributed by atoms with van der Waals surface area (Å²) in [6.07, 6.45) is 3.39. The molecule has 0 aromatic carbocycles. The van der Waals surface area contributed by atoms with Crippen LogP contribution in [0.4, 0.5) is 0 Å². The van der Waals surface area contributed by atoms with Gasteiger partial charge in [0.2, 0.25) is 0 Å². The second-order valence-electron chi connectivity index (χ2n) is 2.64. The van der Waals surface area contributed by atoms with E-state index in [2.05, 4.69) is 11.6 Å². The molecule has 0 aliphatic carbocycles. The molecule has 0 saturated heterocycles. The van der Waals surface area contributed by atoms with E-state index in [0.717, 1.165) is 22.8 Å². The number of rotatable bonds is 5. The zero-order valence-electron chi connectivity index (χ0n) is 7.44. The number of aliphatic hydroxyl groups excluding tert-OH is 1. The Kier molecular flexibility index (Phi) is 4.57. The summed E-state index contributed by atoms with van der Waals surface area (Å²) in [4.78, 5) is 5.22. The number of pyridine rings is 1. The maximum absolute atomic E-state index is 8.62. The molecule has 0 bridgehead atoms. The molecule has 1 aromatic heterocycles. The lowest BCUT2D eigenvalue weighted by Gasteiger charge is -2.02. The van der Waals surface area contributed by atoms with Gasteiger partial charge >= 0.3 is 0 Å². The fourth-order valence-corrected chi connectivity index (χ4v) is 1.68. The van der Waals surface area contributed by atoms with E-state index >= 15 is 0 Å². The van der Waals surface area contributed by atoms with Crippen molar-refractivity contribution in [2.75, 3.05) is 6.61 Å². The highest BCUT2D eigenvalue weighted by Gasteiger charge is 1.98. The van der Waals surface area contributed by atoms with Crippen molar-refractivity contribution in [2.24, 2.45) is 0 Å². The minimum atomic E-state index is 0.224. The van der Waals surface area contributed by atoms with Crippen molar-refractivity contribution in [3.05, 3.63) is 35.9 Å². The lowest BCUT2D eigenvalue weighted by Crippen LogP contribution is -1.84. The zero-order valence-corrected chi connectivity index (χ0v) is 8.26. The first-order valence-electron chi connectivity index (χ1n) is 4.20. The predicted octanol–water partition coefficient (Wildman–Crippen LogP) is 2.46. The Bertz CT molecular complexity index is 261. The molecule has 0 radical (unpaired) electrons. The molecule has 1 heterocycles. The van der Waals surface area contributed by atoms with Crippen LogP contribution in [0.25, 0.3) is 0 Å². The summed E-state index contributed by atoms with van der Waals surface area (Å²) < 4.78 is 0. The molecular formula is C10H13NOS. The molecule has 70 valence electrons. The van der Waals surface area contributed by atoms with Crippen LogP contribution >= 0.6 is 11.8 Å². The highest BCUT2D eigenvalue weighted by Crippen LogP contribution is 2.25. The SMILES string of the molecule is C=C(CCCO)Sc1ccccn1. The maximum atomic E-state index is 8.62. The Morgan fingerprint density at radius 1 is 1.54 bits per heavy atom. The molecule has 3 heteroatoms. The number of hydrogen-bond donors (Lipinski definition) is 1. The van der Waals surface area contributed by atoms with Crippen molar-refractivity contribution in [2.45, 2.75) is 17.9 Å². The third-order valence-corrected chi connectivity index (χ3v) is 2.44. The van der Waals surface area contributed by atoms with Gasteiger partial charge in [-0.15, -0.1) is 0 Å². The summed E-state index contributed by atoms with van der Waals surface area (Å²) in [6, 6.07) is 5.80. The van der Waals surface area contributed by atoms with Crippen LogP contribution in [0.2, 0.25) is 0 Å². The molecule has 1 aromatic rings. The lowest BCUT2D eigenvalue weighted by molar-refractivity contribution is 0.289. The van der Waals surface area contributed by atoms with Crippen LogP contribution in [0.15, 0.2) is 40.9 Å². The molecule has 0 unspecified atom stereocenters. The van der Waals surface area contributed by atoms with Crippen LogP contribution in [-0.4, -0.2) is 16.7 Å². The fraction of sp³-hybridized carbons (Fsp3) is 0.300. The second-order valence-corrected chi connectivity index (χ2v) is 3.84. The topological polar surface area (TPSA) is 33.1 Å². The Labute approximate surface area is 82.7 Å². The van der Waals surface area contributed by atoms with Crippen LogP contribution in [0.1, 0.15) is 12.8 Å². The normalized spacial score (nSPS) is 9.92. The van der Waals surface area contributed by atoms with Gasteiger partial charge in [-0.3, -0.25) is 0 Å². The van der Waals surface area contributed by atoms with E-state index in [4.69, 9.17) is 5.11 Å². The summed E-state index contributed by atoms with van der Waals surface area (Å²) >= 11 is 1.57. The summed E-state index contributed by atoms with van der Waals surface area (Å²) in [5.41, 5.74) is 0. The van der Waals surface area contributed by atoms with Crippen LogP contribution in [0, 0.1) is 0 Å². The predicted molar refractivity (Wildman–Crippen MR) is 55.6 cm³/mol. The van der Waals surface area contributed by atoms with Crippen molar-refractivity contribution in [1.29, 1.82) is 0 Å². The van der Waals surface area contributed by atoms with Gasteiger partial charge in [0.1, 0.15) is 5.03 Å². The fourth-order valence-electron chi connectivity index (χ4n) is 0.883. The largest absolute Gasteiger partial charge is 0.396 e. The number of aromatic nitrogens is 1. The van der Waals surface area contributed by atoms with Crippen LogP contribution in [-0.2, 0) is 0 Å². The molecule has 0 aliphatic heterocycles. The summed E-state index contributed by atoms with van der Waals surface area (Å²) in [5, 5.41) is 9.58. The van der Waals surface area contributed by atoms with Crippen molar-refractivity contribution in [3.63, 3.8) is 0 Å². The molecule has 2 nitrogen and oxygen atoms in total. The number of hydrogen-bond acceptors (Lipinski definition) is 3. The van der Waals surface area contributed by atoms with Gasteiger partial charge in [-0.2, -0.15) is 0 Å². The Morgan fingerprint density at radius 3 is 3.00 bits per heavy atom.